The molecule has 0 unspecified atom stereocenters. The molecule has 1 aliphatic rings. The van der Waals surface area contributed by atoms with Crippen LogP contribution in [0.15, 0.2) is 76.1 Å². The summed E-state index contributed by atoms with van der Waals surface area (Å²) in [5.41, 5.74) is 1.94. The second kappa shape index (κ2) is 10.2. The first-order valence-electron chi connectivity index (χ1n) is 10.2. The third-order valence-electron chi connectivity index (χ3n) is 4.89. The summed E-state index contributed by atoms with van der Waals surface area (Å²) in [7, 11) is 1.31. The highest BCUT2D eigenvalue weighted by Crippen LogP contribution is 2.33. The van der Waals surface area contributed by atoms with E-state index in [1.54, 1.807) is 48.5 Å². The lowest BCUT2D eigenvalue weighted by Gasteiger charge is -2.11. The van der Waals surface area contributed by atoms with Gasteiger partial charge in [0.2, 0.25) is 0 Å². The van der Waals surface area contributed by atoms with Crippen LogP contribution in [0.1, 0.15) is 21.7 Å². The van der Waals surface area contributed by atoms with Gasteiger partial charge >= 0.3 is 11.9 Å². The van der Waals surface area contributed by atoms with Gasteiger partial charge in [0.05, 0.1) is 17.6 Å². The minimum Gasteiger partial charge on any atom is -0.465 e. The van der Waals surface area contributed by atoms with Gasteiger partial charge in [-0.1, -0.05) is 42.5 Å². The van der Waals surface area contributed by atoms with E-state index in [2.05, 4.69) is 4.74 Å². The zero-order valence-corrected chi connectivity index (χ0v) is 18.9. The van der Waals surface area contributed by atoms with Crippen LogP contribution in [0.4, 0.5) is 4.79 Å². The van der Waals surface area contributed by atoms with Crippen molar-refractivity contribution in [3.63, 3.8) is 0 Å². The van der Waals surface area contributed by atoms with Crippen LogP contribution in [0.2, 0.25) is 0 Å². The molecule has 172 valence electrons. The summed E-state index contributed by atoms with van der Waals surface area (Å²) < 4.78 is 15.6. The number of carbonyl (C=O) groups excluding carboxylic acids is 4. The fourth-order valence-electron chi connectivity index (χ4n) is 3.15. The van der Waals surface area contributed by atoms with E-state index >= 15 is 0 Å². The molecule has 0 N–H and O–H groups in total. The van der Waals surface area contributed by atoms with Gasteiger partial charge in [0.15, 0.2) is 0 Å². The predicted octanol–water partition coefficient (Wildman–Crippen LogP) is 4.51. The summed E-state index contributed by atoms with van der Waals surface area (Å²) in [6.07, 6.45) is 1.45. The number of thioether (sulfide) groups is 1. The Hall–Kier alpha value is -4.11. The zero-order chi connectivity index (χ0) is 24.1. The molecular formula is C25H19NO7S. The van der Waals surface area contributed by atoms with Crippen molar-refractivity contribution < 1.29 is 33.1 Å². The van der Waals surface area contributed by atoms with Gasteiger partial charge < -0.3 is 13.9 Å². The summed E-state index contributed by atoms with van der Waals surface area (Å²) in [6, 6.07) is 19.1. The fourth-order valence-corrected chi connectivity index (χ4v) is 3.97. The second-order valence-electron chi connectivity index (χ2n) is 7.19. The molecular weight excluding hydrogens is 458 g/mol. The summed E-state index contributed by atoms with van der Waals surface area (Å²) >= 11 is 0.725. The first kappa shape index (κ1) is 23.1. The zero-order valence-electron chi connectivity index (χ0n) is 18.1. The number of carbonyl (C=O) groups is 4. The standard InChI is InChI=1S/C25H19NO7S/c1-31-24(29)18-9-7-17(8-10-18)20-12-11-19(33-20)13-21-23(28)26(25(30)34-21)14-22(27)32-15-16-5-3-2-4-6-16/h2-13H,14-15H2,1H3. The number of hydrogen-bond acceptors (Lipinski definition) is 8. The van der Waals surface area contributed by atoms with Crippen LogP contribution in [0, 0.1) is 0 Å². The molecule has 0 spiro atoms. The Balaban J connectivity index is 1.40. The Morgan fingerprint density at radius 3 is 2.44 bits per heavy atom. The van der Waals surface area contributed by atoms with Gasteiger partial charge in [-0.3, -0.25) is 19.3 Å². The van der Waals surface area contributed by atoms with E-state index in [9.17, 15) is 19.2 Å². The second-order valence-corrected chi connectivity index (χ2v) is 8.18. The Morgan fingerprint density at radius 1 is 1.00 bits per heavy atom. The largest absolute Gasteiger partial charge is 0.465 e. The molecule has 4 rings (SSSR count). The molecule has 3 aromatic rings. The number of ether oxygens (including phenoxy) is 2. The number of hydrogen-bond donors (Lipinski definition) is 0. The van der Waals surface area contributed by atoms with Crippen molar-refractivity contribution in [3.05, 3.63) is 88.5 Å². The van der Waals surface area contributed by atoms with Crippen molar-refractivity contribution in [2.75, 3.05) is 13.7 Å². The third-order valence-corrected chi connectivity index (χ3v) is 5.80. The summed E-state index contributed by atoms with van der Waals surface area (Å²) in [6.45, 7) is -0.410. The Labute approximate surface area is 199 Å². The monoisotopic (exact) mass is 477 g/mol. The van der Waals surface area contributed by atoms with Gasteiger partial charge in [-0.25, -0.2) is 4.79 Å². The number of methoxy groups -OCH3 is 1. The van der Waals surface area contributed by atoms with Crippen molar-refractivity contribution in [1.82, 2.24) is 4.90 Å². The molecule has 1 aliphatic heterocycles. The molecule has 34 heavy (non-hydrogen) atoms. The van der Waals surface area contributed by atoms with Crippen LogP contribution in [0.25, 0.3) is 17.4 Å². The van der Waals surface area contributed by atoms with Gasteiger partial charge in [-0.05, 0) is 41.6 Å². The van der Waals surface area contributed by atoms with E-state index in [1.807, 2.05) is 18.2 Å². The average Bonchev–Trinajstić information content (AvgIpc) is 3.43. The van der Waals surface area contributed by atoms with Crippen molar-refractivity contribution in [2.24, 2.45) is 0 Å². The summed E-state index contributed by atoms with van der Waals surface area (Å²) in [4.78, 5) is 49.6. The molecule has 0 radical (unpaired) electrons. The topological polar surface area (TPSA) is 103 Å². The van der Waals surface area contributed by atoms with Crippen molar-refractivity contribution in [2.45, 2.75) is 6.61 Å². The fraction of sp³-hybridized carbons (Fsp3) is 0.120. The number of imide groups is 1. The molecule has 2 amide bonds. The van der Waals surface area contributed by atoms with Crippen molar-refractivity contribution >= 4 is 40.9 Å². The Morgan fingerprint density at radius 2 is 1.74 bits per heavy atom. The van der Waals surface area contributed by atoms with Crippen molar-refractivity contribution in [1.29, 1.82) is 0 Å². The smallest absolute Gasteiger partial charge is 0.337 e. The van der Waals surface area contributed by atoms with Gasteiger partial charge in [-0.2, -0.15) is 0 Å². The minimum absolute atomic E-state index is 0.0571. The van der Waals surface area contributed by atoms with E-state index in [-0.39, 0.29) is 11.5 Å². The maximum Gasteiger partial charge on any atom is 0.337 e. The molecule has 2 heterocycles. The molecule has 1 aromatic heterocycles. The highest BCUT2D eigenvalue weighted by Gasteiger charge is 2.37. The highest BCUT2D eigenvalue weighted by atomic mass is 32.2. The van der Waals surface area contributed by atoms with E-state index in [0.717, 1.165) is 27.8 Å². The average molecular weight is 477 g/mol. The quantitative estimate of drug-likeness (QED) is 0.362. The van der Waals surface area contributed by atoms with Gasteiger partial charge in [0, 0.05) is 11.6 Å². The lowest BCUT2D eigenvalue weighted by Crippen LogP contribution is -2.34. The minimum atomic E-state index is -0.678. The molecule has 9 heteroatoms. The maximum atomic E-state index is 12.7. The highest BCUT2D eigenvalue weighted by molar-refractivity contribution is 8.18. The van der Waals surface area contributed by atoms with E-state index in [4.69, 9.17) is 9.15 Å². The number of esters is 2. The van der Waals surface area contributed by atoms with Crippen LogP contribution in [0.5, 0.6) is 0 Å². The SMILES string of the molecule is COC(=O)c1ccc(-c2ccc(C=C3SC(=O)N(CC(=O)OCc4ccccc4)C3=O)o2)cc1. The molecule has 2 aromatic carbocycles. The molecule has 0 aliphatic carbocycles. The number of amides is 2. The third kappa shape index (κ3) is 5.26. The van der Waals surface area contributed by atoms with Crippen LogP contribution < -0.4 is 0 Å². The molecule has 1 saturated heterocycles. The van der Waals surface area contributed by atoms with E-state index < -0.39 is 29.6 Å². The molecule has 0 bridgehead atoms. The predicted molar refractivity (Wildman–Crippen MR) is 124 cm³/mol. The van der Waals surface area contributed by atoms with Gasteiger partial charge in [0.25, 0.3) is 11.1 Å². The van der Waals surface area contributed by atoms with Gasteiger partial charge in [0.1, 0.15) is 24.7 Å². The number of rotatable bonds is 7. The first-order chi connectivity index (χ1) is 16.4. The van der Waals surface area contributed by atoms with Gasteiger partial charge in [-0.15, -0.1) is 0 Å². The lowest BCUT2D eigenvalue weighted by molar-refractivity contribution is -0.147. The molecule has 8 nitrogen and oxygen atoms in total. The van der Waals surface area contributed by atoms with Crippen LogP contribution in [0.3, 0.4) is 0 Å². The molecule has 0 atom stereocenters. The number of furan rings is 1. The normalized spacial score (nSPS) is 14.5. The van der Waals surface area contributed by atoms with Crippen LogP contribution >= 0.6 is 11.8 Å². The number of nitrogens with zero attached hydrogens (tertiary/aromatic N) is 1. The summed E-state index contributed by atoms with van der Waals surface area (Å²) in [5, 5.41) is -0.557. The summed E-state index contributed by atoms with van der Waals surface area (Å²) in [5.74, 6) is -0.822. The van der Waals surface area contributed by atoms with E-state index in [0.29, 0.717) is 17.1 Å². The Bertz CT molecular complexity index is 1260. The molecule has 1 fully saturated rings. The maximum absolute atomic E-state index is 12.7. The van der Waals surface area contributed by atoms with Crippen LogP contribution in [-0.2, 0) is 25.7 Å². The Kier molecular flexibility index (Phi) is 6.93. The molecule has 0 saturated carbocycles. The lowest BCUT2D eigenvalue weighted by atomic mass is 10.1. The van der Waals surface area contributed by atoms with Crippen molar-refractivity contribution in [3.8, 4) is 11.3 Å². The first-order valence-corrected chi connectivity index (χ1v) is 11.0. The number of benzene rings is 2. The van der Waals surface area contributed by atoms with E-state index in [1.165, 1.54) is 13.2 Å². The van der Waals surface area contributed by atoms with Crippen LogP contribution in [-0.4, -0.2) is 41.6 Å².